The first-order valence-corrected chi connectivity index (χ1v) is 1.22. The van der Waals surface area contributed by atoms with E-state index in [2.05, 4.69) is 0 Å². The summed E-state index contributed by atoms with van der Waals surface area (Å²) in [6, 6.07) is 0. The molecular formula is H3BaO4Sb. The second-order valence-corrected chi connectivity index (χ2v) is 0. The van der Waals surface area contributed by atoms with Crippen LogP contribution in [-0.4, -0.2) is 88.3 Å². The maximum atomic E-state index is 8.30. The van der Waals surface area contributed by atoms with Gasteiger partial charge in [-0.25, -0.2) is 0 Å². The molecule has 0 amide bonds. The van der Waals surface area contributed by atoms with Crippen LogP contribution in [0.2, 0.25) is 0 Å². The first kappa shape index (κ1) is 42.8. The minimum absolute atomic E-state index is 0. The van der Waals surface area contributed by atoms with Crippen LogP contribution in [0.3, 0.4) is 0 Å². The molecule has 6 heavy (non-hydrogen) atoms. The standard InChI is InChI=1S/Ba.3H2O.O.Sb/h;3*1H2;;/q+2;;;;;+1/p-3. The van der Waals surface area contributed by atoms with E-state index in [0.717, 1.165) is 0 Å². The fourth-order valence-electron chi connectivity index (χ4n) is 0. The van der Waals surface area contributed by atoms with Crippen molar-refractivity contribution in [1.82, 2.24) is 0 Å². The number of rotatable bonds is 0. The molecule has 0 aromatic heterocycles. The molecule has 6 heteroatoms. The van der Waals surface area contributed by atoms with Gasteiger partial charge in [0.15, 0.2) is 0 Å². The van der Waals surface area contributed by atoms with Gasteiger partial charge in [-0.05, 0) is 0 Å². The molecule has 0 aromatic carbocycles. The van der Waals surface area contributed by atoms with Crippen LogP contribution in [-0.2, 0) is 3.02 Å². The fraction of sp³-hybridized carbons (Fsp3) is 0. The van der Waals surface area contributed by atoms with Gasteiger partial charge in [0.1, 0.15) is 0 Å². The number of hydrogen-bond donors (Lipinski definition) is 0. The van der Waals surface area contributed by atoms with Crippen LogP contribution in [0, 0.1) is 0 Å². The molecule has 3 N–H and O–H groups in total. The normalized spacial score (nSPS) is 0.667. The molecule has 0 rings (SSSR count). The molecule has 0 unspecified atom stereocenters. The van der Waals surface area contributed by atoms with Gasteiger partial charge in [-0.2, -0.15) is 0 Å². The third-order valence-corrected chi connectivity index (χ3v) is 0. The maximum absolute atomic E-state index is 8.30. The van der Waals surface area contributed by atoms with E-state index < -0.39 is 0 Å². The Kier molecular flexibility index (Phi) is 434. The van der Waals surface area contributed by atoms with E-state index >= 15 is 0 Å². The quantitative estimate of drug-likeness (QED) is 0.510. The monoisotopic (exact) mass is 326 g/mol. The van der Waals surface area contributed by atoms with Crippen molar-refractivity contribution >= 4 is 71.9 Å². The van der Waals surface area contributed by atoms with Crippen LogP contribution < -0.4 is 0 Å². The molecule has 0 aromatic rings. The van der Waals surface area contributed by atoms with Crippen molar-refractivity contribution in [3.63, 3.8) is 0 Å². The van der Waals surface area contributed by atoms with Crippen molar-refractivity contribution in [2.75, 3.05) is 0 Å². The molecule has 2 radical (unpaired) electrons. The summed E-state index contributed by atoms with van der Waals surface area (Å²) < 4.78 is 8.30. The van der Waals surface area contributed by atoms with Gasteiger partial charge in [0, 0.05) is 0 Å². The van der Waals surface area contributed by atoms with Crippen LogP contribution in [0.25, 0.3) is 0 Å². The molecule has 0 aliphatic rings. The summed E-state index contributed by atoms with van der Waals surface area (Å²) in [4.78, 5) is 0. The average Bonchev–Trinajstić information content (AvgIpc) is 1.00. The first-order valence-electron chi connectivity index (χ1n) is 0.183. The van der Waals surface area contributed by atoms with E-state index in [-0.39, 0.29) is 65.3 Å². The zero-order valence-electron chi connectivity index (χ0n) is 2.90. The Hall–Kier alpha value is 2.07. The van der Waals surface area contributed by atoms with Gasteiger partial charge in [0.25, 0.3) is 0 Å². The molecule has 0 aliphatic heterocycles. The van der Waals surface area contributed by atoms with E-state index in [1.165, 1.54) is 0 Å². The van der Waals surface area contributed by atoms with Gasteiger partial charge in [0.2, 0.25) is 0 Å². The summed E-state index contributed by atoms with van der Waals surface area (Å²) in [5.74, 6) is 0. The third-order valence-electron chi connectivity index (χ3n) is 0. The Balaban J connectivity index is -0.000000000833. The van der Waals surface area contributed by atoms with E-state index in [4.69, 9.17) is 3.02 Å². The van der Waals surface area contributed by atoms with Gasteiger partial charge >= 0.3 is 74.9 Å². The molecule has 4 nitrogen and oxygen atoms in total. The van der Waals surface area contributed by atoms with Crippen molar-refractivity contribution in [3.8, 4) is 0 Å². The van der Waals surface area contributed by atoms with Crippen LogP contribution in [0.15, 0.2) is 0 Å². The minimum atomic E-state index is 0. The van der Waals surface area contributed by atoms with Crippen LogP contribution in [0.5, 0.6) is 0 Å². The summed E-state index contributed by atoms with van der Waals surface area (Å²) in [6.07, 6.45) is 0. The van der Waals surface area contributed by atoms with Gasteiger partial charge in [-0.3, -0.25) is 0 Å². The Morgan fingerprint density at radius 1 is 0.833 bits per heavy atom. The van der Waals surface area contributed by atoms with Gasteiger partial charge in [-0.1, -0.05) is 0 Å². The molecule has 34 valence electrons. The van der Waals surface area contributed by atoms with E-state index in [0.29, 0.717) is 23.0 Å². The molecule has 0 heterocycles. The molecule has 0 saturated heterocycles. The summed E-state index contributed by atoms with van der Waals surface area (Å²) >= 11 is 0.500. The van der Waals surface area contributed by atoms with E-state index in [1.54, 1.807) is 0 Å². The molecule has 0 bridgehead atoms. The van der Waals surface area contributed by atoms with Crippen molar-refractivity contribution in [2.24, 2.45) is 0 Å². The second kappa shape index (κ2) is 60.8. The van der Waals surface area contributed by atoms with Crippen LogP contribution in [0.4, 0.5) is 0 Å². The summed E-state index contributed by atoms with van der Waals surface area (Å²) in [6.45, 7) is 0. The Bertz CT molecular complexity index is 7.51. The zero-order valence-corrected chi connectivity index (χ0v) is 9.90. The fourth-order valence-corrected chi connectivity index (χ4v) is 0. The first-order chi connectivity index (χ1) is 1.00. The van der Waals surface area contributed by atoms with Crippen molar-refractivity contribution < 1.29 is 19.4 Å². The van der Waals surface area contributed by atoms with Crippen LogP contribution in [0.1, 0.15) is 0 Å². The summed E-state index contributed by atoms with van der Waals surface area (Å²) in [7, 11) is 0. The second-order valence-electron chi connectivity index (χ2n) is 0. The molecule has 0 atom stereocenters. The Morgan fingerprint density at radius 2 is 0.833 bits per heavy atom. The van der Waals surface area contributed by atoms with Gasteiger partial charge in [-0.15, -0.1) is 0 Å². The Labute approximate surface area is 89.6 Å². The summed E-state index contributed by atoms with van der Waals surface area (Å²) in [5, 5.41) is 0. The molecule has 0 saturated carbocycles. The van der Waals surface area contributed by atoms with Gasteiger partial charge in [0.05, 0.1) is 0 Å². The number of hydrogen-bond acceptors (Lipinski definition) is 4. The van der Waals surface area contributed by atoms with Crippen LogP contribution >= 0.6 is 0 Å². The van der Waals surface area contributed by atoms with Crippen molar-refractivity contribution in [1.29, 1.82) is 0 Å². The van der Waals surface area contributed by atoms with Crippen molar-refractivity contribution in [2.45, 2.75) is 0 Å². The van der Waals surface area contributed by atoms with Gasteiger partial charge < -0.3 is 16.4 Å². The van der Waals surface area contributed by atoms with Crippen molar-refractivity contribution in [3.05, 3.63) is 0 Å². The average molecular weight is 326 g/mol. The Morgan fingerprint density at radius 3 is 0.833 bits per heavy atom. The topological polar surface area (TPSA) is 107 Å². The predicted octanol–water partition coefficient (Wildman–Crippen LogP) is -1.41. The van der Waals surface area contributed by atoms with E-state index in [1.807, 2.05) is 0 Å². The zero-order chi connectivity index (χ0) is 2.00. The third kappa shape index (κ3) is 36.4. The SMILES string of the molecule is [Ba+2].[OH-].[OH-].[OH-].[O]=[Sb+]. The molecular weight excluding hydrogens is 323 g/mol. The molecule has 0 aliphatic carbocycles. The van der Waals surface area contributed by atoms with E-state index in [9.17, 15) is 0 Å². The summed E-state index contributed by atoms with van der Waals surface area (Å²) in [5.41, 5.74) is 0. The molecule has 0 fully saturated rings. The predicted molar refractivity (Wildman–Crippen MR) is 18.0 cm³/mol. The molecule has 0 spiro atoms.